The largest absolute Gasteiger partial charge is 0.325 e. The van der Waals surface area contributed by atoms with Gasteiger partial charge in [0.2, 0.25) is 5.91 Å². The number of fused-ring (bicyclic) bond motifs is 3. The number of carbonyl (C=O) groups excluding carboxylic acids is 3. The summed E-state index contributed by atoms with van der Waals surface area (Å²) in [5.74, 6) is 0.484. The van der Waals surface area contributed by atoms with Gasteiger partial charge < -0.3 is 15.1 Å². The molecule has 1 aromatic heterocycles. The van der Waals surface area contributed by atoms with Crippen LogP contribution in [0.4, 0.5) is 9.59 Å². The molecular weight excluding hydrogens is 482 g/mol. The van der Waals surface area contributed by atoms with Crippen LogP contribution in [0.3, 0.4) is 0 Å². The number of hydrogen-bond acceptors (Lipinski definition) is 5. The van der Waals surface area contributed by atoms with Gasteiger partial charge in [-0.1, -0.05) is 48.5 Å². The van der Waals surface area contributed by atoms with Crippen molar-refractivity contribution in [2.75, 3.05) is 26.7 Å². The van der Waals surface area contributed by atoms with E-state index in [-0.39, 0.29) is 36.6 Å². The molecule has 1 unspecified atom stereocenters. The number of nitrogens with zero attached hydrogens (tertiary/aromatic N) is 5. The van der Waals surface area contributed by atoms with Gasteiger partial charge in [0.05, 0.1) is 11.7 Å². The molecule has 0 aliphatic carbocycles. The molecule has 2 atom stereocenters. The molecule has 2 N–H and O–H groups in total. The highest BCUT2D eigenvalue weighted by Crippen LogP contribution is 2.40. The third-order valence-corrected chi connectivity index (χ3v) is 7.89. The summed E-state index contributed by atoms with van der Waals surface area (Å²) in [4.78, 5) is 47.6. The summed E-state index contributed by atoms with van der Waals surface area (Å²) in [6.45, 7) is 3.12. The first-order chi connectivity index (χ1) is 18.4. The van der Waals surface area contributed by atoms with E-state index in [4.69, 9.17) is 4.98 Å². The lowest BCUT2D eigenvalue weighted by molar-refractivity contribution is -0.118. The first-order valence-electron chi connectivity index (χ1n) is 13.0. The van der Waals surface area contributed by atoms with Crippen LogP contribution in [0.25, 0.3) is 5.69 Å². The lowest BCUT2D eigenvalue weighted by Crippen LogP contribution is -2.52. The van der Waals surface area contributed by atoms with Crippen LogP contribution in [0.5, 0.6) is 0 Å². The number of imide groups is 1. The van der Waals surface area contributed by atoms with E-state index in [2.05, 4.69) is 44.4 Å². The second-order valence-corrected chi connectivity index (χ2v) is 10.2. The van der Waals surface area contributed by atoms with Crippen molar-refractivity contribution in [1.82, 2.24) is 34.9 Å². The van der Waals surface area contributed by atoms with Crippen molar-refractivity contribution in [2.24, 2.45) is 0 Å². The number of hydrogen-bond donors (Lipinski definition) is 2. The van der Waals surface area contributed by atoms with Crippen molar-refractivity contribution in [3.05, 3.63) is 83.4 Å². The summed E-state index contributed by atoms with van der Waals surface area (Å²) in [7, 11) is 2.02. The second kappa shape index (κ2) is 9.60. The Balaban J connectivity index is 1.28. The number of nitrogens with one attached hydrogen (secondary N) is 2. The number of benzene rings is 2. The van der Waals surface area contributed by atoms with Crippen LogP contribution < -0.4 is 10.6 Å². The first-order valence-corrected chi connectivity index (χ1v) is 13.0. The lowest BCUT2D eigenvalue weighted by atomic mass is 9.96. The Hall–Kier alpha value is -4.18. The first kappa shape index (κ1) is 24.2. The molecule has 4 heterocycles. The molecule has 0 spiro atoms. The zero-order valence-electron chi connectivity index (χ0n) is 21.5. The van der Waals surface area contributed by atoms with Gasteiger partial charge in [-0.25, -0.2) is 14.6 Å². The average molecular weight is 514 g/mol. The fraction of sp³-hybridized carbons (Fsp3) is 0.357. The van der Waals surface area contributed by atoms with Crippen molar-refractivity contribution in [1.29, 1.82) is 0 Å². The van der Waals surface area contributed by atoms with Crippen molar-refractivity contribution in [2.45, 2.75) is 38.0 Å². The van der Waals surface area contributed by atoms with Crippen LogP contribution in [-0.2, 0) is 4.79 Å². The SMILES string of the molecule is Cc1cnc2n1-c1ccccc1C(c1ccccc1)N(C)[C@H]2NC(=O)N1CCC(N2CC(=O)NC2=O)CC1. The van der Waals surface area contributed by atoms with Crippen LogP contribution in [0.15, 0.2) is 60.8 Å². The Kier molecular flexibility index (Phi) is 6.11. The molecule has 196 valence electrons. The Morgan fingerprint density at radius 3 is 2.45 bits per heavy atom. The summed E-state index contributed by atoms with van der Waals surface area (Å²) in [6, 6.07) is 18.0. The molecule has 0 saturated carbocycles. The topological polar surface area (TPSA) is 103 Å². The van der Waals surface area contributed by atoms with Crippen LogP contribution in [0, 0.1) is 6.92 Å². The molecule has 2 aromatic carbocycles. The zero-order valence-corrected chi connectivity index (χ0v) is 21.5. The van der Waals surface area contributed by atoms with E-state index in [0.717, 1.165) is 28.3 Å². The minimum atomic E-state index is -0.478. The summed E-state index contributed by atoms with van der Waals surface area (Å²) < 4.78 is 2.13. The van der Waals surface area contributed by atoms with Gasteiger partial charge in [-0.3, -0.25) is 19.6 Å². The highest BCUT2D eigenvalue weighted by atomic mass is 16.2. The fourth-order valence-corrected chi connectivity index (χ4v) is 5.99. The number of likely N-dealkylation sites (tertiary alicyclic amines) is 1. The summed E-state index contributed by atoms with van der Waals surface area (Å²) in [6.07, 6.45) is 2.62. The summed E-state index contributed by atoms with van der Waals surface area (Å²) >= 11 is 0. The van der Waals surface area contributed by atoms with Crippen molar-refractivity contribution in [3.63, 3.8) is 0 Å². The number of carbonyl (C=O) groups is 3. The van der Waals surface area contributed by atoms with Gasteiger partial charge in [-0.15, -0.1) is 0 Å². The molecule has 3 aromatic rings. The molecule has 10 nitrogen and oxygen atoms in total. The van der Waals surface area contributed by atoms with Crippen molar-refractivity contribution < 1.29 is 14.4 Å². The maximum absolute atomic E-state index is 13.6. The van der Waals surface area contributed by atoms with Crippen molar-refractivity contribution in [3.8, 4) is 5.69 Å². The number of para-hydroxylation sites is 1. The highest BCUT2D eigenvalue weighted by Gasteiger charge is 2.39. The average Bonchev–Trinajstić information content (AvgIpc) is 3.45. The van der Waals surface area contributed by atoms with Gasteiger partial charge in [0.1, 0.15) is 12.7 Å². The number of amides is 5. The van der Waals surface area contributed by atoms with Crippen LogP contribution >= 0.6 is 0 Å². The van der Waals surface area contributed by atoms with Gasteiger partial charge in [-0.2, -0.15) is 0 Å². The zero-order chi connectivity index (χ0) is 26.4. The minimum absolute atomic E-state index is 0.0513. The van der Waals surface area contributed by atoms with E-state index in [1.165, 1.54) is 0 Å². The molecule has 10 heteroatoms. The molecule has 0 radical (unpaired) electrons. The summed E-state index contributed by atoms with van der Waals surface area (Å²) in [5.41, 5.74) is 4.31. The monoisotopic (exact) mass is 513 g/mol. The van der Waals surface area contributed by atoms with E-state index in [1.54, 1.807) is 9.80 Å². The number of aromatic nitrogens is 2. The molecule has 2 saturated heterocycles. The standard InChI is InChI=1S/C28H31N7O3/c1-18-16-29-25-26(31-27(37)33-14-12-20(13-15-33)34-17-23(36)30-28(34)38)32(2)24(19-8-4-3-5-9-19)21-10-6-7-11-22(21)35(18)25/h3-11,16,20,24,26H,12-15,17H2,1-2H3,(H,31,37)(H,30,36,38)/t24?,26-/m1/s1. The van der Waals surface area contributed by atoms with Gasteiger partial charge in [0.15, 0.2) is 5.82 Å². The number of aryl methyl sites for hydroxylation is 1. The van der Waals surface area contributed by atoms with Gasteiger partial charge in [-0.05, 0) is 44.0 Å². The minimum Gasteiger partial charge on any atom is -0.325 e. The molecule has 3 aliphatic rings. The predicted molar refractivity (Wildman–Crippen MR) is 140 cm³/mol. The third-order valence-electron chi connectivity index (χ3n) is 7.89. The molecule has 5 amide bonds. The highest BCUT2D eigenvalue weighted by molar-refractivity contribution is 6.02. The normalized spacial score (nSPS) is 22.1. The van der Waals surface area contributed by atoms with E-state index in [0.29, 0.717) is 25.9 Å². The third kappa shape index (κ3) is 4.10. The Morgan fingerprint density at radius 2 is 1.74 bits per heavy atom. The fourth-order valence-electron chi connectivity index (χ4n) is 5.99. The number of piperidine rings is 1. The molecule has 38 heavy (non-hydrogen) atoms. The Bertz CT molecular complexity index is 1380. The smallest absolute Gasteiger partial charge is 0.324 e. The van der Waals surface area contributed by atoms with E-state index >= 15 is 0 Å². The van der Waals surface area contributed by atoms with E-state index in [1.807, 2.05) is 50.5 Å². The molecular formula is C28H31N7O3. The van der Waals surface area contributed by atoms with Crippen LogP contribution in [-0.4, -0.2) is 74.9 Å². The van der Waals surface area contributed by atoms with E-state index in [9.17, 15) is 14.4 Å². The van der Waals surface area contributed by atoms with Crippen LogP contribution in [0.1, 0.15) is 47.7 Å². The van der Waals surface area contributed by atoms with E-state index < -0.39 is 6.17 Å². The number of urea groups is 2. The predicted octanol–water partition coefficient (Wildman–Crippen LogP) is 2.94. The number of rotatable bonds is 3. The lowest BCUT2D eigenvalue weighted by Gasteiger charge is -2.38. The van der Waals surface area contributed by atoms with Gasteiger partial charge in [0, 0.05) is 31.0 Å². The quantitative estimate of drug-likeness (QED) is 0.525. The molecule has 2 fully saturated rings. The van der Waals surface area contributed by atoms with Gasteiger partial charge >= 0.3 is 12.1 Å². The molecule has 3 aliphatic heterocycles. The molecule has 0 bridgehead atoms. The summed E-state index contributed by atoms with van der Waals surface area (Å²) in [5, 5.41) is 5.61. The molecule has 6 rings (SSSR count). The Morgan fingerprint density at radius 1 is 1.03 bits per heavy atom. The maximum atomic E-state index is 13.6. The van der Waals surface area contributed by atoms with Crippen molar-refractivity contribution >= 4 is 18.0 Å². The maximum Gasteiger partial charge on any atom is 0.324 e. The van der Waals surface area contributed by atoms with Gasteiger partial charge in [0.25, 0.3) is 0 Å². The number of imidazole rings is 1. The van der Waals surface area contributed by atoms with Crippen LogP contribution in [0.2, 0.25) is 0 Å². The second-order valence-electron chi connectivity index (χ2n) is 10.2. The Labute approximate surface area is 221 Å².